The van der Waals surface area contributed by atoms with Crippen molar-refractivity contribution >= 4 is 22.0 Å². The van der Waals surface area contributed by atoms with Crippen molar-refractivity contribution in [3.63, 3.8) is 0 Å². The van der Waals surface area contributed by atoms with E-state index < -0.39 is 11.1 Å². The zero-order valence-corrected chi connectivity index (χ0v) is 13.6. The van der Waals surface area contributed by atoms with Crippen LogP contribution in [0.3, 0.4) is 0 Å². The van der Waals surface area contributed by atoms with E-state index >= 15 is 0 Å². The zero-order valence-electron chi connectivity index (χ0n) is 12.0. The average molecular weight is 330 g/mol. The maximum absolute atomic E-state index is 12.3. The van der Waals surface area contributed by atoms with Crippen molar-refractivity contribution in [1.29, 1.82) is 0 Å². The molecule has 0 bridgehead atoms. The number of carbonyl (C=O) groups excluding carboxylic acids is 1. The topological polar surface area (TPSA) is 47.4 Å². The van der Waals surface area contributed by atoms with E-state index in [0.717, 1.165) is 17.0 Å². The number of aromatic nitrogens is 2. The Labute approximate surface area is 122 Å². The Morgan fingerprint density at radius 1 is 1.42 bits per heavy atom. The van der Waals surface area contributed by atoms with Crippen LogP contribution in [-0.4, -0.2) is 32.7 Å². The lowest BCUT2D eigenvalue weighted by Crippen LogP contribution is -2.52. The van der Waals surface area contributed by atoms with Gasteiger partial charge in [0.25, 0.3) is 0 Å². The molecule has 19 heavy (non-hydrogen) atoms. The number of carbonyl (C=O) groups is 1. The molecule has 6 heteroatoms. The van der Waals surface area contributed by atoms with Crippen LogP contribution in [0.2, 0.25) is 0 Å². The fraction of sp³-hybridized carbons (Fsp3) is 0.692. The third-order valence-corrected chi connectivity index (χ3v) is 3.90. The first kappa shape index (κ1) is 14.4. The second-order valence-corrected chi connectivity index (χ2v) is 6.96. The predicted molar refractivity (Wildman–Crippen MR) is 75.9 cm³/mol. The molecule has 2 heterocycles. The molecular weight excluding hydrogens is 310 g/mol. The van der Waals surface area contributed by atoms with Crippen molar-refractivity contribution < 1.29 is 9.53 Å². The van der Waals surface area contributed by atoms with Crippen LogP contribution in [0, 0.1) is 0 Å². The van der Waals surface area contributed by atoms with Gasteiger partial charge in [0, 0.05) is 13.1 Å². The summed E-state index contributed by atoms with van der Waals surface area (Å²) in [6.45, 7) is 11.0. The molecule has 0 radical (unpaired) electrons. The molecule has 0 unspecified atom stereocenters. The van der Waals surface area contributed by atoms with Crippen LogP contribution in [0.25, 0.3) is 0 Å². The molecule has 1 amide bonds. The minimum atomic E-state index is -0.481. The highest BCUT2D eigenvalue weighted by Gasteiger charge is 2.40. The summed E-state index contributed by atoms with van der Waals surface area (Å²) in [6, 6.07) is 0. The van der Waals surface area contributed by atoms with Gasteiger partial charge in [0.1, 0.15) is 5.60 Å². The summed E-state index contributed by atoms with van der Waals surface area (Å²) < 4.78 is 8.37. The average Bonchev–Trinajstić information content (AvgIpc) is 2.58. The van der Waals surface area contributed by atoms with Gasteiger partial charge in [0.15, 0.2) is 4.73 Å². The van der Waals surface area contributed by atoms with Crippen molar-refractivity contribution in [3.05, 3.63) is 16.6 Å². The number of ether oxygens (including phenoxy) is 1. The Morgan fingerprint density at radius 3 is 2.63 bits per heavy atom. The third-order valence-electron chi connectivity index (χ3n) is 3.27. The second kappa shape index (κ2) is 4.51. The van der Waals surface area contributed by atoms with Crippen LogP contribution in [0.15, 0.2) is 10.9 Å². The Bertz CT molecular complexity index is 502. The first-order valence-electron chi connectivity index (χ1n) is 6.35. The molecule has 1 aliphatic heterocycles. The first-order valence-corrected chi connectivity index (χ1v) is 7.14. The van der Waals surface area contributed by atoms with Gasteiger partial charge in [0.2, 0.25) is 0 Å². The van der Waals surface area contributed by atoms with Crippen LogP contribution < -0.4 is 0 Å². The molecule has 2 rings (SSSR count). The molecule has 0 N–H and O–H groups in total. The molecule has 1 aromatic heterocycles. The monoisotopic (exact) mass is 329 g/mol. The number of halogens is 1. The van der Waals surface area contributed by atoms with Gasteiger partial charge in [-0.25, -0.2) is 9.78 Å². The van der Waals surface area contributed by atoms with Gasteiger partial charge in [-0.05, 0) is 50.5 Å². The lowest BCUT2D eigenvalue weighted by atomic mass is 9.96. The highest BCUT2D eigenvalue weighted by molar-refractivity contribution is 9.10. The Morgan fingerprint density at radius 2 is 2.05 bits per heavy atom. The lowest BCUT2D eigenvalue weighted by Gasteiger charge is -2.43. The molecule has 5 nitrogen and oxygen atoms in total. The molecule has 106 valence electrons. The van der Waals surface area contributed by atoms with E-state index in [2.05, 4.69) is 25.5 Å². The Kier molecular flexibility index (Phi) is 3.41. The van der Waals surface area contributed by atoms with Crippen molar-refractivity contribution in [1.82, 2.24) is 14.5 Å². The van der Waals surface area contributed by atoms with E-state index in [1.54, 1.807) is 11.1 Å². The van der Waals surface area contributed by atoms with Gasteiger partial charge in [-0.15, -0.1) is 0 Å². The van der Waals surface area contributed by atoms with E-state index in [1.807, 2.05) is 34.6 Å². The Balaban J connectivity index is 2.29. The van der Waals surface area contributed by atoms with Crippen molar-refractivity contribution in [2.45, 2.75) is 52.3 Å². The van der Waals surface area contributed by atoms with E-state index in [4.69, 9.17) is 4.74 Å². The smallest absolute Gasteiger partial charge is 0.411 e. The summed E-state index contributed by atoms with van der Waals surface area (Å²) in [5, 5.41) is 0. The summed E-state index contributed by atoms with van der Waals surface area (Å²) in [6.07, 6.45) is 1.53. The number of nitrogens with zero attached hydrogens (tertiary/aromatic N) is 3. The third kappa shape index (κ3) is 2.63. The largest absolute Gasteiger partial charge is 0.444 e. The maximum Gasteiger partial charge on any atom is 0.411 e. The van der Waals surface area contributed by atoms with Gasteiger partial charge >= 0.3 is 6.09 Å². The number of fused-ring (bicyclic) bond motifs is 1. The number of amides is 1. The summed E-state index contributed by atoms with van der Waals surface area (Å²) in [5.41, 5.74) is 0.0990. The van der Waals surface area contributed by atoms with Gasteiger partial charge in [0.05, 0.1) is 17.4 Å². The molecule has 0 spiro atoms. The fourth-order valence-electron chi connectivity index (χ4n) is 2.31. The molecule has 0 aromatic carbocycles. The second-order valence-electron chi connectivity index (χ2n) is 6.26. The number of imidazole rings is 1. The number of rotatable bonds is 0. The lowest BCUT2D eigenvalue weighted by molar-refractivity contribution is -0.00591. The summed E-state index contributed by atoms with van der Waals surface area (Å²) in [4.78, 5) is 18.3. The molecule has 0 fully saturated rings. The standard InChI is InChI=1S/C13H20BrN3O2/c1-12(2,3)19-11(18)17-7-6-16-9(13(17,4)5)8-15-10(16)14/h8H,6-7H2,1-5H3. The normalized spacial score (nSPS) is 18.1. The predicted octanol–water partition coefficient (Wildman–Crippen LogP) is 3.13. The van der Waals surface area contributed by atoms with Crippen LogP contribution in [0.4, 0.5) is 4.79 Å². The fourth-order valence-corrected chi connectivity index (χ4v) is 2.78. The van der Waals surface area contributed by atoms with E-state index in [1.165, 1.54) is 0 Å². The molecule has 0 saturated carbocycles. The quantitative estimate of drug-likeness (QED) is 0.734. The van der Waals surface area contributed by atoms with Gasteiger partial charge < -0.3 is 9.30 Å². The van der Waals surface area contributed by atoms with Crippen LogP contribution in [-0.2, 0) is 16.8 Å². The maximum atomic E-state index is 12.3. The molecule has 0 aliphatic carbocycles. The minimum Gasteiger partial charge on any atom is -0.444 e. The van der Waals surface area contributed by atoms with Crippen molar-refractivity contribution in [2.75, 3.05) is 6.54 Å². The van der Waals surface area contributed by atoms with Crippen LogP contribution in [0.5, 0.6) is 0 Å². The highest BCUT2D eigenvalue weighted by atomic mass is 79.9. The summed E-state index contributed by atoms with van der Waals surface area (Å²) in [5.74, 6) is 0. The molecule has 0 atom stereocenters. The first-order chi connectivity index (χ1) is 8.63. The van der Waals surface area contributed by atoms with Gasteiger partial charge in [-0.1, -0.05) is 0 Å². The minimum absolute atomic E-state index is 0.277. The van der Waals surface area contributed by atoms with Gasteiger partial charge in [-0.2, -0.15) is 0 Å². The SMILES string of the molecule is CC(C)(C)OC(=O)N1CCn2c(cnc2Br)C1(C)C. The Hall–Kier alpha value is -1.04. The van der Waals surface area contributed by atoms with Crippen molar-refractivity contribution in [2.24, 2.45) is 0 Å². The summed E-state index contributed by atoms with van der Waals surface area (Å²) in [7, 11) is 0. The highest BCUT2D eigenvalue weighted by Crippen LogP contribution is 2.34. The van der Waals surface area contributed by atoms with Crippen LogP contribution >= 0.6 is 15.9 Å². The van der Waals surface area contributed by atoms with Crippen molar-refractivity contribution in [3.8, 4) is 0 Å². The van der Waals surface area contributed by atoms with Crippen LogP contribution in [0.1, 0.15) is 40.3 Å². The summed E-state index contributed by atoms with van der Waals surface area (Å²) >= 11 is 3.43. The van der Waals surface area contributed by atoms with E-state index in [9.17, 15) is 4.79 Å². The molecular formula is C13H20BrN3O2. The van der Waals surface area contributed by atoms with E-state index in [-0.39, 0.29) is 6.09 Å². The number of hydrogen-bond acceptors (Lipinski definition) is 3. The molecule has 1 aliphatic rings. The van der Waals surface area contributed by atoms with E-state index in [0.29, 0.717) is 6.54 Å². The van der Waals surface area contributed by atoms with Gasteiger partial charge in [-0.3, -0.25) is 4.90 Å². The number of hydrogen-bond donors (Lipinski definition) is 0. The molecule has 1 aromatic rings. The molecule has 0 saturated heterocycles. The zero-order chi connectivity index (χ0) is 14.4.